The SMILES string of the molecule is O[C@@H]1C[C@H]2C[C@H]3CC[C@@H]1[C@@H]2C3. The zero-order valence-corrected chi connectivity index (χ0v) is 6.87. The van der Waals surface area contributed by atoms with E-state index in [4.69, 9.17) is 0 Å². The highest BCUT2D eigenvalue weighted by molar-refractivity contribution is 5.00. The number of hydrogen-bond donors (Lipinski definition) is 1. The van der Waals surface area contributed by atoms with E-state index in [1.807, 2.05) is 0 Å². The summed E-state index contributed by atoms with van der Waals surface area (Å²) in [6.07, 6.45) is 6.84. The first-order chi connectivity index (χ1) is 5.34. The predicted octanol–water partition coefficient (Wildman–Crippen LogP) is 1.80. The van der Waals surface area contributed by atoms with Crippen LogP contribution in [-0.4, -0.2) is 11.2 Å². The first kappa shape index (κ1) is 6.47. The van der Waals surface area contributed by atoms with Crippen molar-refractivity contribution in [3.05, 3.63) is 0 Å². The monoisotopic (exact) mass is 152 g/mol. The molecule has 0 aliphatic heterocycles. The van der Waals surface area contributed by atoms with Gasteiger partial charge in [0, 0.05) is 0 Å². The van der Waals surface area contributed by atoms with Crippen molar-refractivity contribution in [2.24, 2.45) is 23.7 Å². The highest BCUT2D eigenvalue weighted by Crippen LogP contribution is 2.56. The third kappa shape index (κ3) is 0.752. The Balaban J connectivity index is 1.92. The minimum Gasteiger partial charge on any atom is -0.393 e. The molecule has 0 aromatic heterocycles. The molecule has 3 aliphatic carbocycles. The molecule has 62 valence electrons. The minimum absolute atomic E-state index is 0.0752. The van der Waals surface area contributed by atoms with Gasteiger partial charge in [0.05, 0.1) is 6.10 Å². The van der Waals surface area contributed by atoms with E-state index in [-0.39, 0.29) is 6.10 Å². The van der Waals surface area contributed by atoms with Gasteiger partial charge >= 0.3 is 0 Å². The molecule has 0 heterocycles. The molecule has 1 N–H and O–H groups in total. The van der Waals surface area contributed by atoms with Gasteiger partial charge in [0.2, 0.25) is 0 Å². The highest BCUT2D eigenvalue weighted by atomic mass is 16.3. The Morgan fingerprint density at radius 2 is 1.82 bits per heavy atom. The largest absolute Gasteiger partial charge is 0.393 e. The Labute approximate surface area is 67.8 Å². The van der Waals surface area contributed by atoms with Gasteiger partial charge in [-0.25, -0.2) is 0 Å². The topological polar surface area (TPSA) is 20.2 Å². The molecule has 3 rings (SSSR count). The van der Waals surface area contributed by atoms with Gasteiger partial charge in [-0.15, -0.1) is 0 Å². The molecule has 3 aliphatic rings. The molecule has 0 radical (unpaired) electrons. The molecule has 0 saturated heterocycles. The van der Waals surface area contributed by atoms with Gasteiger partial charge in [0.25, 0.3) is 0 Å². The summed E-state index contributed by atoms with van der Waals surface area (Å²) in [5.74, 6) is 3.61. The first-order valence-corrected chi connectivity index (χ1v) is 5.02. The van der Waals surface area contributed by atoms with Crippen molar-refractivity contribution < 1.29 is 5.11 Å². The van der Waals surface area contributed by atoms with Crippen LogP contribution in [0.2, 0.25) is 0 Å². The molecular formula is C10H16O. The van der Waals surface area contributed by atoms with Crippen LogP contribution >= 0.6 is 0 Å². The van der Waals surface area contributed by atoms with E-state index in [2.05, 4.69) is 0 Å². The summed E-state index contributed by atoms with van der Waals surface area (Å²) < 4.78 is 0. The second kappa shape index (κ2) is 2.01. The first-order valence-electron chi connectivity index (χ1n) is 5.02. The van der Waals surface area contributed by atoms with Crippen LogP contribution in [0.5, 0.6) is 0 Å². The lowest BCUT2D eigenvalue weighted by atomic mass is 9.80. The van der Waals surface area contributed by atoms with E-state index in [1.54, 1.807) is 0 Å². The van der Waals surface area contributed by atoms with Crippen molar-refractivity contribution in [1.29, 1.82) is 0 Å². The summed E-state index contributed by atoms with van der Waals surface area (Å²) in [5, 5.41) is 9.72. The fraction of sp³-hybridized carbons (Fsp3) is 1.00. The number of rotatable bonds is 0. The molecule has 11 heavy (non-hydrogen) atoms. The Bertz CT molecular complexity index is 174. The normalized spacial score (nSPS) is 60.3. The maximum absolute atomic E-state index is 9.72. The lowest BCUT2D eigenvalue weighted by molar-refractivity contribution is 0.0865. The van der Waals surface area contributed by atoms with Crippen LogP contribution in [0.4, 0.5) is 0 Å². The van der Waals surface area contributed by atoms with Gasteiger partial charge in [-0.2, -0.15) is 0 Å². The molecular weight excluding hydrogens is 136 g/mol. The van der Waals surface area contributed by atoms with Crippen molar-refractivity contribution >= 4 is 0 Å². The highest BCUT2D eigenvalue weighted by Gasteiger charge is 2.50. The average Bonchev–Trinajstić information content (AvgIpc) is 2.40. The summed E-state index contributed by atoms with van der Waals surface area (Å²) >= 11 is 0. The summed E-state index contributed by atoms with van der Waals surface area (Å²) in [4.78, 5) is 0. The maximum atomic E-state index is 9.72. The fourth-order valence-corrected chi connectivity index (χ4v) is 3.91. The quantitative estimate of drug-likeness (QED) is 0.561. The minimum atomic E-state index is 0.0752. The molecule has 3 saturated carbocycles. The van der Waals surface area contributed by atoms with Gasteiger partial charge in [-0.3, -0.25) is 0 Å². The number of aliphatic hydroxyl groups is 1. The zero-order chi connectivity index (χ0) is 7.42. The van der Waals surface area contributed by atoms with Gasteiger partial charge < -0.3 is 5.11 Å². The third-order valence-corrected chi connectivity index (χ3v) is 4.34. The summed E-state index contributed by atoms with van der Waals surface area (Å²) in [6, 6.07) is 0. The maximum Gasteiger partial charge on any atom is 0.0573 e. The third-order valence-electron chi connectivity index (χ3n) is 4.34. The van der Waals surface area contributed by atoms with Crippen LogP contribution in [0.25, 0.3) is 0 Å². The molecule has 1 heteroatoms. The zero-order valence-electron chi connectivity index (χ0n) is 6.87. The van der Waals surface area contributed by atoms with Crippen LogP contribution < -0.4 is 0 Å². The van der Waals surface area contributed by atoms with Crippen molar-refractivity contribution in [3.8, 4) is 0 Å². The van der Waals surface area contributed by atoms with Crippen molar-refractivity contribution in [2.75, 3.05) is 0 Å². The van der Waals surface area contributed by atoms with Gasteiger partial charge in [-0.1, -0.05) is 6.42 Å². The molecule has 0 aromatic rings. The molecule has 3 fully saturated rings. The van der Waals surface area contributed by atoms with Crippen molar-refractivity contribution in [1.82, 2.24) is 0 Å². The molecule has 0 unspecified atom stereocenters. The fourth-order valence-electron chi connectivity index (χ4n) is 3.91. The Hall–Kier alpha value is -0.0400. The standard InChI is InChI=1S/C10H16O/c11-10-5-7-3-6-1-2-8(10)9(7)4-6/h6-11H,1-5H2/t6-,7-,8-,9-,10-/m1/s1. The lowest BCUT2D eigenvalue weighted by Gasteiger charge is -2.27. The van der Waals surface area contributed by atoms with Crippen LogP contribution in [0.15, 0.2) is 0 Å². The van der Waals surface area contributed by atoms with Crippen LogP contribution in [0.1, 0.15) is 32.1 Å². The van der Waals surface area contributed by atoms with Gasteiger partial charge in [0.1, 0.15) is 0 Å². The van der Waals surface area contributed by atoms with Gasteiger partial charge in [0.15, 0.2) is 0 Å². The Kier molecular flexibility index (Phi) is 1.18. The second-order valence-electron chi connectivity index (χ2n) is 4.81. The molecule has 2 bridgehead atoms. The van der Waals surface area contributed by atoms with E-state index in [9.17, 15) is 5.11 Å². The molecule has 0 spiro atoms. The molecule has 5 atom stereocenters. The summed E-state index contributed by atoms with van der Waals surface area (Å²) in [5.41, 5.74) is 0. The van der Waals surface area contributed by atoms with Crippen molar-refractivity contribution in [3.63, 3.8) is 0 Å². The Morgan fingerprint density at radius 3 is 2.73 bits per heavy atom. The predicted molar refractivity (Wildman–Crippen MR) is 43.1 cm³/mol. The van der Waals surface area contributed by atoms with Crippen molar-refractivity contribution in [2.45, 2.75) is 38.2 Å². The van der Waals surface area contributed by atoms with Crippen LogP contribution in [-0.2, 0) is 0 Å². The second-order valence-corrected chi connectivity index (χ2v) is 4.81. The van der Waals surface area contributed by atoms with Crippen LogP contribution in [0, 0.1) is 23.7 Å². The summed E-state index contributed by atoms with van der Waals surface area (Å²) in [6.45, 7) is 0. The molecule has 0 amide bonds. The summed E-state index contributed by atoms with van der Waals surface area (Å²) in [7, 11) is 0. The van der Waals surface area contributed by atoms with E-state index >= 15 is 0 Å². The smallest absolute Gasteiger partial charge is 0.0573 e. The molecule has 1 nitrogen and oxygen atoms in total. The Morgan fingerprint density at radius 1 is 0.909 bits per heavy atom. The van der Waals surface area contributed by atoms with E-state index < -0.39 is 0 Å². The van der Waals surface area contributed by atoms with E-state index in [0.717, 1.165) is 24.2 Å². The van der Waals surface area contributed by atoms with E-state index in [1.165, 1.54) is 25.7 Å². The molecule has 0 aromatic carbocycles. The number of aliphatic hydroxyl groups excluding tert-OH is 1. The lowest BCUT2D eigenvalue weighted by Crippen LogP contribution is -2.23. The van der Waals surface area contributed by atoms with Gasteiger partial charge in [-0.05, 0) is 49.4 Å². The van der Waals surface area contributed by atoms with Crippen LogP contribution in [0.3, 0.4) is 0 Å². The number of fused-ring (bicyclic) bond motifs is 1. The number of hydrogen-bond acceptors (Lipinski definition) is 1. The average molecular weight is 152 g/mol. The van der Waals surface area contributed by atoms with E-state index in [0.29, 0.717) is 5.92 Å².